The summed E-state index contributed by atoms with van der Waals surface area (Å²) < 4.78 is 0. The summed E-state index contributed by atoms with van der Waals surface area (Å²) in [6, 6.07) is 34.3. The van der Waals surface area contributed by atoms with Crippen molar-refractivity contribution in [2.24, 2.45) is 0 Å². The van der Waals surface area contributed by atoms with Gasteiger partial charge in [0, 0.05) is 11.1 Å². The normalized spacial score (nSPS) is 11.1. The van der Waals surface area contributed by atoms with Gasteiger partial charge >= 0.3 is 0 Å². The van der Waals surface area contributed by atoms with Crippen molar-refractivity contribution in [3.05, 3.63) is 144 Å². The average Bonchev–Trinajstić information content (AvgIpc) is 2.87. The van der Waals surface area contributed by atoms with E-state index in [1.807, 2.05) is 121 Å². The lowest BCUT2D eigenvalue weighted by Crippen LogP contribution is -1.94. The lowest BCUT2D eigenvalue weighted by Gasteiger charge is -2.10. The minimum absolute atomic E-state index is 0.0398. The second-order valence-corrected chi connectivity index (χ2v) is 7.30. The van der Waals surface area contributed by atoms with Gasteiger partial charge in [-0.25, -0.2) is 0 Å². The Kier molecular flexibility index (Phi) is 6.64. The Labute approximate surface area is 188 Å². The second-order valence-electron chi connectivity index (χ2n) is 7.30. The van der Waals surface area contributed by atoms with E-state index in [0.29, 0.717) is 11.1 Å². The molecule has 4 aromatic rings. The third-order valence-corrected chi connectivity index (χ3v) is 5.16. The van der Waals surface area contributed by atoms with E-state index in [1.54, 1.807) is 12.2 Å². The maximum Gasteiger partial charge on any atom is 0.185 e. The van der Waals surface area contributed by atoms with Gasteiger partial charge in [0.1, 0.15) is 0 Å². The second kappa shape index (κ2) is 10.1. The minimum Gasteiger partial charge on any atom is -0.289 e. The Morgan fingerprint density at radius 3 is 1.19 bits per heavy atom. The van der Waals surface area contributed by atoms with Crippen LogP contribution in [0.5, 0.6) is 0 Å². The molecule has 32 heavy (non-hydrogen) atoms. The van der Waals surface area contributed by atoms with Crippen molar-refractivity contribution < 1.29 is 9.59 Å². The van der Waals surface area contributed by atoms with Crippen molar-refractivity contribution in [2.45, 2.75) is 0 Å². The molecule has 0 aliphatic heterocycles. The highest BCUT2D eigenvalue weighted by molar-refractivity contribution is 6.08. The molecule has 0 atom stereocenters. The number of benzene rings is 4. The molecule has 0 saturated heterocycles. The molecule has 154 valence electrons. The largest absolute Gasteiger partial charge is 0.289 e. The fourth-order valence-corrected chi connectivity index (χ4v) is 3.50. The highest BCUT2D eigenvalue weighted by Gasteiger charge is 2.08. The Morgan fingerprint density at radius 1 is 0.438 bits per heavy atom. The molecular weight excluding hydrogens is 392 g/mol. The molecule has 0 aromatic heterocycles. The number of hydrogen-bond acceptors (Lipinski definition) is 2. The number of carbonyl (C=O) groups excluding carboxylic acids is 2. The number of ketones is 2. The van der Waals surface area contributed by atoms with Crippen LogP contribution in [0.3, 0.4) is 0 Å². The van der Waals surface area contributed by atoms with Crippen molar-refractivity contribution >= 4 is 23.7 Å². The van der Waals surface area contributed by atoms with Crippen LogP contribution in [-0.2, 0) is 0 Å². The first-order valence-corrected chi connectivity index (χ1v) is 10.5. The molecule has 4 rings (SSSR count). The van der Waals surface area contributed by atoms with Gasteiger partial charge < -0.3 is 0 Å². The minimum atomic E-state index is -0.0398. The summed E-state index contributed by atoms with van der Waals surface area (Å²) in [5, 5.41) is 0. The molecule has 2 nitrogen and oxygen atoms in total. The van der Waals surface area contributed by atoms with E-state index in [1.165, 1.54) is 0 Å². The monoisotopic (exact) mass is 414 g/mol. The summed E-state index contributed by atoms with van der Waals surface area (Å²) >= 11 is 0. The van der Waals surface area contributed by atoms with Gasteiger partial charge in [0.05, 0.1) is 0 Å². The number of carbonyl (C=O) groups is 2. The van der Waals surface area contributed by atoms with E-state index in [2.05, 4.69) is 0 Å². The van der Waals surface area contributed by atoms with Crippen LogP contribution < -0.4 is 0 Å². The quantitative estimate of drug-likeness (QED) is 0.238. The van der Waals surface area contributed by atoms with Crippen molar-refractivity contribution in [1.29, 1.82) is 0 Å². The smallest absolute Gasteiger partial charge is 0.185 e. The Hall–Kier alpha value is -4.30. The Morgan fingerprint density at radius 2 is 0.781 bits per heavy atom. The summed E-state index contributed by atoms with van der Waals surface area (Å²) in [5.41, 5.74) is 5.18. The number of allylic oxidation sites excluding steroid dienone is 2. The van der Waals surface area contributed by atoms with Crippen molar-refractivity contribution in [1.82, 2.24) is 0 Å². The van der Waals surface area contributed by atoms with E-state index in [9.17, 15) is 9.59 Å². The SMILES string of the molecule is O=C(C=Cc1ccccc1-c1ccccc1C=CC(=O)c1ccccc1)c1ccccc1. The maximum atomic E-state index is 12.5. The molecule has 0 bridgehead atoms. The van der Waals surface area contributed by atoms with E-state index in [0.717, 1.165) is 22.3 Å². The van der Waals surface area contributed by atoms with Gasteiger partial charge in [-0.05, 0) is 34.4 Å². The molecule has 0 saturated carbocycles. The van der Waals surface area contributed by atoms with E-state index in [-0.39, 0.29) is 11.6 Å². The fraction of sp³-hybridized carbons (Fsp3) is 0. The first kappa shape index (κ1) is 21.0. The summed E-state index contributed by atoms with van der Waals surface area (Å²) in [5.74, 6) is -0.0796. The summed E-state index contributed by atoms with van der Waals surface area (Å²) in [6.45, 7) is 0. The average molecular weight is 415 g/mol. The van der Waals surface area contributed by atoms with Gasteiger partial charge in [0.15, 0.2) is 11.6 Å². The Balaban J connectivity index is 1.64. The van der Waals surface area contributed by atoms with Crippen LogP contribution in [0.4, 0.5) is 0 Å². The van der Waals surface area contributed by atoms with Gasteiger partial charge in [0.2, 0.25) is 0 Å². The van der Waals surface area contributed by atoms with E-state index in [4.69, 9.17) is 0 Å². The molecule has 0 amide bonds. The lowest BCUT2D eigenvalue weighted by molar-refractivity contribution is 0.103. The van der Waals surface area contributed by atoms with Crippen molar-refractivity contribution in [3.63, 3.8) is 0 Å². The number of rotatable bonds is 7. The van der Waals surface area contributed by atoms with Gasteiger partial charge in [-0.1, -0.05) is 121 Å². The molecule has 0 aliphatic carbocycles. The van der Waals surface area contributed by atoms with Crippen LogP contribution in [0.1, 0.15) is 31.8 Å². The molecule has 0 heterocycles. The van der Waals surface area contributed by atoms with Crippen LogP contribution >= 0.6 is 0 Å². The van der Waals surface area contributed by atoms with Crippen molar-refractivity contribution in [3.8, 4) is 11.1 Å². The summed E-state index contributed by atoms with van der Waals surface area (Å²) in [4.78, 5) is 25.0. The van der Waals surface area contributed by atoms with E-state index >= 15 is 0 Å². The molecule has 0 spiro atoms. The lowest BCUT2D eigenvalue weighted by atomic mass is 9.94. The molecule has 0 radical (unpaired) electrons. The molecular formula is C30H22O2. The van der Waals surface area contributed by atoms with Crippen LogP contribution in [0, 0.1) is 0 Å². The fourth-order valence-electron chi connectivity index (χ4n) is 3.50. The molecule has 2 heteroatoms. The van der Waals surface area contributed by atoms with Gasteiger partial charge in [0.25, 0.3) is 0 Å². The van der Waals surface area contributed by atoms with Crippen LogP contribution in [0.2, 0.25) is 0 Å². The standard InChI is InChI=1S/C30H22O2/c31-29(25-13-3-1-4-14-25)21-19-23-11-7-9-17-27(23)28-18-10-8-12-24(28)20-22-30(32)26-15-5-2-6-16-26/h1-22H. The Bertz CT molecular complexity index is 1180. The molecule has 0 aliphatic rings. The zero-order chi connectivity index (χ0) is 22.2. The highest BCUT2D eigenvalue weighted by Crippen LogP contribution is 2.29. The predicted molar refractivity (Wildman–Crippen MR) is 131 cm³/mol. The third kappa shape index (κ3) is 5.05. The van der Waals surface area contributed by atoms with Crippen molar-refractivity contribution in [2.75, 3.05) is 0 Å². The van der Waals surface area contributed by atoms with Gasteiger partial charge in [-0.15, -0.1) is 0 Å². The van der Waals surface area contributed by atoms with Gasteiger partial charge in [-0.3, -0.25) is 9.59 Å². The van der Waals surface area contributed by atoms with Crippen LogP contribution in [-0.4, -0.2) is 11.6 Å². The predicted octanol–water partition coefficient (Wildman–Crippen LogP) is 7.15. The first-order chi connectivity index (χ1) is 15.7. The van der Waals surface area contributed by atoms with Crippen LogP contribution in [0.25, 0.3) is 23.3 Å². The molecule has 0 unspecified atom stereocenters. The summed E-state index contributed by atoms with van der Waals surface area (Å²) in [6.07, 6.45) is 6.90. The number of hydrogen-bond donors (Lipinski definition) is 0. The van der Waals surface area contributed by atoms with E-state index < -0.39 is 0 Å². The van der Waals surface area contributed by atoms with Crippen LogP contribution in [0.15, 0.2) is 121 Å². The highest BCUT2D eigenvalue weighted by atomic mass is 16.1. The zero-order valence-electron chi connectivity index (χ0n) is 17.5. The molecule has 0 fully saturated rings. The third-order valence-electron chi connectivity index (χ3n) is 5.16. The molecule has 4 aromatic carbocycles. The maximum absolute atomic E-state index is 12.5. The summed E-state index contributed by atoms with van der Waals surface area (Å²) in [7, 11) is 0. The van der Waals surface area contributed by atoms with Gasteiger partial charge in [-0.2, -0.15) is 0 Å². The first-order valence-electron chi connectivity index (χ1n) is 10.5. The zero-order valence-corrected chi connectivity index (χ0v) is 17.5. The molecule has 0 N–H and O–H groups in total. The topological polar surface area (TPSA) is 34.1 Å².